The molecule has 1 aliphatic rings. The van der Waals surface area contributed by atoms with E-state index in [1.165, 1.54) is 0 Å². The Labute approximate surface area is 140 Å². The number of ether oxygens (including phenoxy) is 1. The van der Waals surface area contributed by atoms with Crippen LogP contribution in [0.2, 0.25) is 0 Å². The number of rotatable bonds is 5. The number of anilines is 2. The minimum absolute atomic E-state index is 0.0803. The van der Waals surface area contributed by atoms with Crippen molar-refractivity contribution >= 4 is 23.3 Å². The molecule has 0 bridgehead atoms. The predicted octanol–water partition coefficient (Wildman–Crippen LogP) is 2.47. The summed E-state index contributed by atoms with van der Waals surface area (Å²) in [5, 5.41) is 2.76. The lowest BCUT2D eigenvalue weighted by Crippen LogP contribution is -2.28. The van der Waals surface area contributed by atoms with Crippen molar-refractivity contribution in [2.45, 2.75) is 13.3 Å². The maximum Gasteiger partial charge on any atom is 0.230 e. The number of para-hydroxylation sites is 2. The van der Waals surface area contributed by atoms with E-state index in [9.17, 15) is 9.59 Å². The predicted molar refractivity (Wildman–Crippen MR) is 90.9 cm³/mol. The fourth-order valence-corrected chi connectivity index (χ4v) is 2.74. The molecule has 0 unspecified atom stereocenters. The first-order valence-electron chi connectivity index (χ1n) is 7.93. The molecule has 0 aliphatic carbocycles. The molecule has 24 heavy (non-hydrogen) atoms. The highest BCUT2D eigenvalue weighted by molar-refractivity contribution is 6.03. The van der Waals surface area contributed by atoms with Crippen molar-refractivity contribution in [2.24, 2.45) is 5.92 Å². The molecule has 124 valence electrons. The average Bonchev–Trinajstić information content (AvgIpc) is 2.98. The monoisotopic (exact) mass is 325 g/mol. The zero-order chi connectivity index (χ0) is 16.9. The third kappa shape index (κ3) is 3.37. The van der Waals surface area contributed by atoms with E-state index in [0.717, 1.165) is 0 Å². The lowest BCUT2D eigenvalue weighted by atomic mass is 10.1. The van der Waals surface area contributed by atoms with E-state index in [0.29, 0.717) is 30.4 Å². The molecule has 1 aromatic carbocycles. The highest BCUT2D eigenvalue weighted by Gasteiger charge is 2.36. The van der Waals surface area contributed by atoms with Gasteiger partial charge in [-0.25, -0.2) is 4.98 Å². The molecule has 1 saturated heterocycles. The van der Waals surface area contributed by atoms with Gasteiger partial charge in [-0.2, -0.15) is 0 Å². The van der Waals surface area contributed by atoms with Gasteiger partial charge in [0.15, 0.2) is 0 Å². The Morgan fingerprint density at radius 2 is 2.08 bits per heavy atom. The Morgan fingerprint density at radius 3 is 2.83 bits per heavy atom. The lowest BCUT2D eigenvalue weighted by Gasteiger charge is -2.20. The number of benzene rings is 1. The van der Waals surface area contributed by atoms with Gasteiger partial charge in [-0.05, 0) is 31.2 Å². The molecule has 2 heterocycles. The Kier molecular flexibility index (Phi) is 4.74. The number of nitrogens with zero attached hydrogens (tertiary/aromatic N) is 2. The molecule has 2 aromatic rings. The van der Waals surface area contributed by atoms with Gasteiger partial charge in [0, 0.05) is 19.2 Å². The van der Waals surface area contributed by atoms with Crippen molar-refractivity contribution in [1.82, 2.24) is 4.98 Å². The molecular formula is C18H19N3O3. The highest BCUT2D eigenvalue weighted by atomic mass is 16.5. The first-order valence-corrected chi connectivity index (χ1v) is 7.93. The van der Waals surface area contributed by atoms with Crippen molar-refractivity contribution in [1.29, 1.82) is 0 Å². The SMILES string of the molecule is CCOc1ccccc1N1C[C@H](C(=O)Nc2ccccn2)CC1=O. The van der Waals surface area contributed by atoms with Gasteiger partial charge in [0.2, 0.25) is 11.8 Å². The minimum Gasteiger partial charge on any atom is -0.492 e. The zero-order valence-electron chi connectivity index (χ0n) is 13.4. The van der Waals surface area contributed by atoms with Crippen LogP contribution in [0.5, 0.6) is 5.75 Å². The molecular weight excluding hydrogens is 306 g/mol. The second-order valence-electron chi connectivity index (χ2n) is 5.51. The van der Waals surface area contributed by atoms with Crippen LogP contribution in [-0.2, 0) is 9.59 Å². The van der Waals surface area contributed by atoms with Gasteiger partial charge in [-0.15, -0.1) is 0 Å². The van der Waals surface area contributed by atoms with Crippen molar-refractivity contribution < 1.29 is 14.3 Å². The van der Waals surface area contributed by atoms with E-state index in [4.69, 9.17) is 4.74 Å². The van der Waals surface area contributed by atoms with Crippen LogP contribution < -0.4 is 15.0 Å². The molecule has 1 aliphatic heterocycles. The number of nitrogens with one attached hydrogen (secondary N) is 1. The van der Waals surface area contributed by atoms with Crippen LogP contribution in [0.25, 0.3) is 0 Å². The third-order valence-electron chi connectivity index (χ3n) is 3.87. The molecule has 0 spiro atoms. The van der Waals surface area contributed by atoms with Crippen LogP contribution in [0.1, 0.15) is 13.3 Å². The number of aromatic nitrogens is 1. The molecule has 0 saturated carbocycles. The fraction of sp³-hybridized carbons (Fsp3) is 0.278. The Hall–Kier alpha value is -2.89. The number of amides is 2. The number of pyridine rings is 1. The molecule has 6 nitrogen and oxygen atoms in total. The van der Waals surface area contributed by atoms with Crippen LogP contribution in [0, 0.1) is 5.92 Å². The summed E-state index contributed by atoms with van der Waals surface area (Å²) in [6.45, 7) is 2.75. The fourth-order valence-electron chi connectivity index (χ4n) is 2.74. The van der Waals surface area contributed by atoms with E-state index in [-0.39, 0.29) is 18.2 Å². The molecule has 3 rings (SSSR count). The summed E-state index contributed by atoms with van der Waals surface area (Å²) in [7, 11) is 0. The Morgan fingerprint density at radius 1 is 1.29 bits per heavy atom. The summed E-state index contributed by atoms with van der Waals surface area (Å²) in [6, 6.07) is 12.7. The van der Waals surface area contributed by atoms with Gasteiger partial charge in [0.05, 0.1) is 18.2 Å². The Bertz CT molecular complexity index is 733. The highest BCUT2D eigenvalue weighted by Crippen LogP contribution is 2.33. The lowest BCUT2D eigenvalue weighted by molar-refractivity contribution is -0.122. The second-order valence-corrected chi connectivity index (χ2v) is 5.51. The van der Waals surface area contributed by atoms with E-state index < -0.39 is 5.92 Å². The quantitative estimate of drug-likeness (QED) is 0.917. The first-order chi connectivity index (χ1) is 11.7. The van der Waals surface area contributed by atoms with Gasteiger partial charge in [0.25, 0.3) is 0 Å². The number of carbonyl (C=O) groups is 2. The average molecular weight is 325 g/mol. The van der Waals surface area contributed by atoms with Crippen LogP contribution in [0.15, 0.2) is 48.7 Å². The van der Waals surface area contributed by atoms with Crippen LogP contribution in [0.4, 0.5) is 11.5 Å². The van der Waals surface area contributed by atoms with Gasteiger partial charge >= 0.3 is 0 Å². The van der Waals surface area contributed by atoms with Crippen LogP contribution in [-0.4, -0.2) is 29.9 Å². The Balaban J connectivity index is 1.73. The number of carbonyl (C=O) groups excluding carboxylic acids is 2. The van der Waals surface area contributed by atoms with Crippen LogP contribution >= 0.6 is 0 Å². The maximum absolute atomic E-state index is 12.4. The minimum atomic E-state index is -0.408. The summed E-state index contributed by atoms with van der Waals surface area (Å²) in [5.41, 5.74) is 0.706. The third-order valence-corrected chi connectivity index (χ3v) is 3.87. The van der Waals surface area contributed by atoms with Crippen molar-refractivity contribution in [3.05, 3.63) is 48.7 Å². The summed E-state index contributed by atoms with van der Waals surface area (Å²) < 4.78 is 5.58. The largest absolute Gasteiger partial charge is 0.492 e. The maximum atomic E-state index is 12.4. The molecule has 6 heteroatoms. The standard InChI is InChI=1S/C18H19N3O3/c1-2-24-15-8-4-3-7-14(15)21-12-13(11-17(21)22)18(23)20-16-9-5-6-10-19-16/h3-10,13H,2,11-12H2,1H3,(H,19,20,23)/t13-/m1/s1. The van der Waals surface area contributed by atoms with Gasteiger partial charge in [0.1, 0.15) is 11.6 Å². The number of hydrogen-bond acceptors (Lipinski definition) is 4. The van der Waals surface area contributed by atoms with Gasteiger partial charge < -0.3 is 15.0 Å². The summed E-state index contributed by atoms with van der Waals surface area (Å²) in [5.74, 6) is 0.457. The van der Waals surface area contributed by atoms with Gasteiger partial charge in [-0.1, -0.05) is 18.2 Å². The topological polar surface area (TPSA) is 71.5 Å². The van der Waals surface area contributed by atoms with Gasteiger partial charge in [-0.3, -0.25) is 9.59 Å². The first kappa shape index (κ1) is 16.0. The zero-order valence-corrected chi connectivity index (χ0v) is 13.4. The van der Waals surface area contributed by atoms with Crippen molar-refractivity contribution in [3.63, 3.8) is 0 Å². The molecule has 1 N–H and O–H groups in total. The van der Waals surface area contributed by atoms with E-state index >= 15 is 0 Å². The second kappa shape index (κ2) is 7.12. The van der Waals surface area contributed by atoms with Crippen LogP contribution in [0.3, 0.4) is 0 Å². The normalized spacial score (nSPS) is 17.0. The molecule has 1 aromatic heterocycles. The molecule has 0 radical (unpaired) electrons. The van der Waals surface area contributed by atoms with E-state index in [1.54, 1.807) is 29.3 Å². The number of hydrogen-bond donors (Lipinski definition) is 1. The summed E-state index contributed by atoms with van der Waals surface area (Å²) in [4.78, 5) is 30.5. The van der Waals surface area contributed by atoms with Crippen molar-refractivity contribution in [3.8, 4) is 5.75 Å². The molecule has 1 atom stereocenters. The molecule has 2 amide bonds. The van der Waals surface area contributed by atoms with E-state index in [1.807, 2.05) is 31.2 Å². The summed E-state index contributed by atoms with van der Waals surface area (Å²) in [6.07, 6.45) is 1.79. The van der Waals surface area contributed by atoms with Crippen molar-refractivity contribution in [2.75, 3.05) is 23.4 Å². The summed E-state index contributed by atoms with van der Waals surface area (Å²) >= 11 is 0. The van der Waals surface area contributed by atoms with E-state index in [2.05, 4.69) is 10.3 Å². The smallest absolute Gasteiger partial charge is 0.230 e. The molecule has 1 fully saturated rings.